The molecule has 1 rings (SSSR count). The third kappa shape index (κ3) is 3.64. The van der Waals surface area contributed by atoms with Crippen molar-refractivity contribution in [3.8, 4) is 0 Å². The molecule has 0 heterocycles. The van der Waals surface area contributed by atoms with Gasteiger partial charge in [0.25, 0.3) is 0 Å². The number of carbonyl (C=O) groups is 1. The standard InChI is InChI=1S/C12H19N3O2/c1-3-9(7-17-2)15-11-5-4-8(12(14)16)6-10(11)13/h4-6,9,15H,3,7,13H2,1-2H3,(H2,14,16). The summed E-state index contributed by atoms with van der Waals surface area (Å²) in [6.07, 6.45) is 0.921. The van der Waals surface area contributed by atoms with Crippen LogP contribution in [0, 0.1) is 0 Å². The molecule has 0 aliphatic carbocycles. The van der Waals surface area contributed by atoms with E-state index in [-0.39, 0.29) is 6.04 Å². The molecule has 0 aromatic heterocycles. The van der Waals surface area contributed by atoms with Crippen LogP contribution in [0.25, 0.3) is 0 Å². The van der Waals surface area contributed by atoms with Crippen molar-refractivity contribution in [2.75, 3.05) is 24.8 Å². The first-order valence-electron chi connectivity index (χ1n) is 5.53. The summed E-state index contributed by atoms with van der Waals surface area (Å²) in [5, 5.41) is 3.26. The minimum absolute atomic E-state index is 0.196. The van der Waals surface area contributed by atoms with Gasteiger partial charge < -0.3 is 21.5 Å². The summed E-state index contributed by atoms with van der Waals surface area (Å²) in [6, 6.07) is 5.18. The van der Waals surface area contributed by atoms with Crippen molar-refractivity contribution in [2.24, 2.45) is 5.73 Å². The van der Waals surface area contributed by atoms with E-state index in [1.807, 2.05) is 0 Å². The van der Waals surface area contributed by atoms with Crippen molar-refractivity contribution in [2.45, 2.75) is 19.4 Å². The van der Waals surface area contributed by atoms with Gasteiger partial charge in [0.2, 0.25) is 5.91 Å². The molecule has 0 saturated heterocycles. The number of nitrogens with two attached hydrogens (primary N) is 2. The van der Waals surface area contributed by atoms with Crippen molar-refractivity contribution in [1.29, 1.82) is 0 Å². The number of rotatable bonds is 6. The van der Waals surface area contributed by atoms with Crippen molar-refractivity contribution in [1.82, 2.24) is 0 Å². The number of carbonyl (C=O) groups excluding carboxylic acids is 1. The molecule has 1 amide bonds. The third-order valence-corrected chi connectivity index (χ3v) is 2.56. The molecule has 5 nitrogen and oxygen atoms in total. The van der Waals surface area contributed by atoms with Gasteiger partial charge >= 0.3 is 0 Å². The molecule has 0 radical (unpaired) electrons. The van der Waals surface area contributed by atoms with Crippen molar-refractivity contribution in [3.63, 3.8) is 0 Å². The van der Waals surface area contributed by atoms with E-state index in [0.29, 0.717) is 17.9 Å². The van der Waals surface area contributed by atoms with Gasteiger partial charge in [0.15, 0.2) is 0 Å². The van der Waals surface area contributed by atoms with Gasteiger partial charge in [0.05, 0.1) is 18.0 Å². The average molecular weight is 237 g/mol. The maximum Gasteiger partial charge on any atom is 0.248 e. The molecule has 0 fully saturated rings. The minimum atomic E-state index is -0.479. The van der Waals surface area contributed by atoms with Crippen molar-refractivity contribution >= 4 is 17.3 Å². The lowest BCUT2D eigenvalue weighted by Crippen LogP contribution is -2.24. The first-order chi connectivity index (χ1) is 8.08. The maximum atomic E-state index is 11.0. The Morgan fingerprint density at radius 3 is 2.71 bits per heavy atom. The Labute approximate surface area is 101 Å². The number of ether oxygens (including phenoxy) is 1. The molecule has 17 heavy (non-hydrogen) atoms. The van der Waals surface area contributed by atoms with E-state index < -0.39 is 5.91 Å². The zero-order chi connectivity index (χ0) is 12.8. The highest BCUT2D eigenvalue weighted by Gasteiger charge is 2.09. The number of benzene rings is 1. The predicted molar refractivity (Wildman–Crippen MR) is 69.0 cm³/mol. The lowest BCUT2D eigenvalue weighted by molar-refractivity contribution is 0.100. The zero-order valence-corrected chi connectivity index (χ0v) is 10.2. The first kappa shape index (κ1) is 13.3. The zero-order valence-electron chi connectivity index (χ0n) is 10.2. The third-order valence-electron chi connectivity index (χ3n) is 2.56. The Hall–Kier alpha value is -1.75. The van der Waals surface area contributed by atoms with Gasteiger partial charge in [-0.25, -0.2) is 0 Å². The lowest BCUT2D eigenvalue weighted by Gasteiger charge is -2.18. The Morgan fingerprint density at radius 1 is 1.53 bits per heavy atom. The van der Waals surface area contributed by atoms with E-state index in [1.165, 1.54) is 0 Å². The fourth-order valence-electron chi connectivity index (χ4n) is 1.53. The maximum absolute atomic E-state index is 11.0. The topological polar surface area (TPSA) is 90.4 Å². The van der Waals surface area contributed by atoms with Gasteiger partial charge in [-0.05, 0) is 24.6 Å². The predicted octanol–water partition coefficient (Wildman–Crippen LogP) is 1.20. The highest BCUT2D eigenvalue weighted by Crippen LogP contribution is 2.21. The molecular weight excluding hydrogens is 218 g/mol. The fourth-order valence-corrected chi connectivity index (χ4v) is 1.53. The van der Waals surface area contributed by atoms with Crippen LogP contribution in [-0.2, 0) is 4.74 Å². The molecule has 0 saturated carbocycles. The number of nitrogen functional groups attached to an aromatic ring is 1. The second kappa shape index (κ2) is 6.10. The summed E-state index contributed by atoms with van der Waals surface area (Å²) in [5.74, 6) is -0.479. The van der Waals surface area contributed by atoms with E-state index in [0.717, 1.165) is 12.1 Å². The Morgan fingerprint density at radius 2 is 2.24 bits per heavy atom. The van der Waals surface area contributed by atoms with Crippen LogP contribution >= 0.6 is 0 Å². The van der Waals surface area contributed by atoms with Crippen LogP contribution in [0.3, 0.4) is 0 Å². The SMILES string of the molecule is CCC(COC)Nc1ccc(C(N)=O)cc1N. The van der Waals surface area contributed by atoms with E-state index >= 15 is 0 Å². The molecule has 5 N–H and O–H groups in total. The van der Waals surface area contributed by atoms with Crippen LogP contribution in [0.2, 0.25) is 0 Å². The number of hydrogen-bond acceptors (Lipinski definition) is 4. The smallest absolute Gasteiger partial charge is 0.248 e. The van der Waals surface area contributed by atoms with Crippen molar-refractivity contribution in [3.05, 3.63) is 23.8 Å². The number of anilines is 2. The molecule has 0 aliphatic heterocycles. The summed E-state index contributed by atoms with van der Waals surface area (Å²) in [4.78, 5) is 11.0. The van der Waals surface area contributed by atoms with Gasteiger partial charge in [0, 0.05) is 18.7 Å². The second-order valence-corrected chi connectivity index (χ2v) is 3.87. The molecule has 94 valence electrons. The highest BCUT2D eigenvalue weighted by atomic mass is 16.5. The quantitative estimate of drug-likeness (QED) is 0.648. The van der Waals surface area contributed by atoms with Gasteiger partial charge in [-0.15, -0.1) is 0 Å². The highest BCUT2D eigenvalue weighted by molar-refractivity contribution is 5.94. The second-order valence-electron chi connectivity index (χ2n) is 3.87. The molecule has 0 bridgehead atoms. The van der Waals surface area contributed by atoms with Crippen LogP contribution < -0.4 is 16.8 Å². The van der Waals surface area contributed by atoms with Crippen LogP contribution in [0.4, 0.5) is 11.4 Å². The molecule has 1 aromatic carbocycles. The van der Waals surface area contributed by atoms with E-state index in [9.17, 15) is 4.79 Å². The largest absolute Gasteiger partial charge is 0.397 e. The summed E-state index contributed by atoms with van der Waals surface area (Å²) < 4.78 is 5.09. The molecule has 1 unspecified atom stereocenters. The van der Waals surface area contributed by atoms with Crippen molar-refractivity contribution < 1.29 is 9.53 Å². The van der Waals surface area contributed by atoms with E-state index in [2.05, 4.69) is 12.2 Å². The molecule has 5 heteroatoms. The molecule has 0 aliphatic rings. The molecular formula is C12H19N3O2. The minimum Gasteiger partial charge on any atom is -0.397 e. The Kier molecular flexibility index (Phi) is 4.78. The lowest BCUT2D eigenvalue weighted by atomic mass is 10.1. The van der Waals surface area contributed by atoms with E-state index in [1.54, 1.807) is 25.3 Å². The normalized spacial score (nSPS) is 12.1. The summed E-state index contributed by atoms with van der Waals surface area (Å²) >= 11 is 0. The molecule has 1 atom stereocenters. The van der Waals surface area contributed by atoms with Gasteiger partial charge in [0.1, 0.15) is 0 Å². The Bertz CT molecular complexity index is 393. The van der Waals surface area contributed by atoms with Gasteiger partial charge in [-0.3, -0.25) is 4.79 Å². The Balaban J connectivity index is 2.81. The average Bonchev–Trinajstić information content (AvgIpc) is 2.30. The first-order valence-corrected chi connectivity index (χ1v) is 5.53. The number of primary amides is 1. The van der Waals surface area contributed by atoms with Crippen LogP contribution in [0.1, 0.15) is 23.7 Å². The summed E-state index contributed by atoms with van der Waals surface area (Å²) in [7, 11) is 1.66. The summed E-state index contributed by atoms with van der Waals surface area (Å²) in [6.45, 7) is 2.66. The van der Waals surface area contributed by atoms with Crippen LogP contribution in [0.5, 0.6) is 0 Å². The molecule has 1 aromatic rings. The number of amides is 1. The summed E-state index contributed by atoms with van der Waals surface area (Å²) in [5.41, 5.74) is 12.7. The molecule has 0 spiro atoms. The van der Waals surface area contributed by atoms with Crippen LogP contribution in [0.15, 0.2) is 18.2 Å². The number of nitrogens with one attached hydrogen (secondary N) is 1. The van der Waals surface area contributed by atoms with E-state index in [4.69, 9.17) is 16.2 Å². The van der Waals surface area contributed by atoms with Gasteiger partial charge in [-0.1, -0.05) is 6.92 Å². The monoisotopic (exact) mass is 237 g/mol. The van der Waals surface area contributed by atoms with Crippen LogP contribution in [-0.4, -0.2) is 25.7 Å². The number of hydrogen-bond donors (Lipinski definition) is 3. The fraction of sp³-hybridized carbons (Fsp3) is 0.417. The van der Waals surface area contributed by atoms with Gasteiger partial charge in [-0.2, -0.15) is 0 Å². The number of methoxy groups -OCH3 is 1.